The molecule has 4 rings (SSSR count). The minimum absolute atomic E-state index is 0.0101. The van der Waals surface area contributed by atoms with Crippen LogP contribution in [0, 0.1) is 12.7 Å². The number of amides is 1. The molecule has 3 aromatic rings. The Balaban J connectivity index is 1.27. The molecule has 35 heavy (non-hydrogen) atoms. The maximum atomic E-state index is 13.5. The zero-order valence-electron chi connectivity index (χ0n) is 20.1. The molecule has 2 unspecified atom stereocenters. The number of nitrogens with one attached hydrogen (secondary N) is 1. The smallest absolute Gasteiger partial charge is 0.220 e. The summed E-state index contributed by atoms with van der Waals surface area (Å²) >= 11 is 6.77. The van der Waals surface area contributed by atoms with Crippen LogP contribution in [-0.4, -0.2) is 44.9 Å². The third-order valence-electron chi connectivity index (χ3n) is 6.65. The van der Waals surface area contributed by atoms with E-state index in [-0.39, 0.29) is 29.7 Å². The van der Waals surface area contributed by atoms with Crippen LogP contribution in [-0.2, 0) is 11.3 Å². The van der Waals surface area contributed by atoms with Crippen molar-refractivity contribution in [2.45, 2.75) is 58.2 Å². The number of hydrogen-bond acceptors (Lipinski definition) is 4. The molecule has 1 aliphatic rings. The van der Waals surface area contributed by atoms with Gasteiger partial charge >= 0.3 is 0 Å². The summed E-state index contributed by atoms with van der Waals surface area (Å²) in [7, 11) is 0. The molecule has 2 aromatic carbocycles. The second kappa shape index (κ2) is 11.3. The number of aromatic nitrogens is 3. The molecule has 1 aliphatic heterocycles. The van der Waals surface area contributed by atoms with Gasteiger partial charge in [0.2, 0.25) is 5.91 Å². The fourth-order valence-corrected chi connectivity index (χ4v) is 5.12. The molecule has 2 heterocycles. The van der Waals surface area contributed by atoms with Crippen LogP contribution in [0.4, 0.5) is 4.39 Å². The summed E-state index contributed by atoms with van der Waals surface area (Å²) in [6.45, 7) is 8.58. The van der Waals surface area contributed by atoms with Gasteiger partial charge in [0.25, 0.3) is 0 Å². The second-order valence-corrected chi connectivity index (χ2v) is 11.2. The third kappa shape index (κ3) is 6.57. The first-order valence-electron chi connectivity index (χ1n) is 11.8. The average molecular weight is 607 g/mol. The Hall–Kier alpha value is -2.10. The van der Waals surface area contributed by atoms with E-state index in [2.05, 4.69) is 84.4 Å². The van der Waals surface area contributed by atoms with Crippen molar-refractivity contribution in [2.75, 3.05) is 13.1 Å². The number of carbonyl (C=O) groups excluding carboxylic acids is 1. The van der Waals surface area contributed by atoms with Crippen molar-refractivity contribution in [1.82, 2.24) is 25.2 Å². The van der Waals surface area contributed by atoms with Crippen LogP contribution in [0.2, 0.25) is 0 Å². The zero-order valence-corrected chi connectivity index (χ0v) is 23.3. The molecule has 0 saturated carbocycles. The summed E-state index contributed by atoms with van der Waals surface area (Å²) in [6.07, 6.45) is 3.29. The lowest BCUT2D eigenvalue weighted by molar-refractivity contribution is -0.122. The van der Waals surface area contributed by atoms with E-state index in [1.54, 1.807) is 12.1 Å². The Bertz CT molecular complexity index is 1200. The Labute approximate surface area is 222 Å². The topological polar surface area (TPSA) is 63.0 Å². The van der Waals surface area contributed by atoms with E-state index < -0.39 is 0 Å². The molecular weight excluding hydrogens is 577 g/mol. The third-order valence-corrected chi connectivity index (χ3v) is 8.14. The highest BCUT2D eigenvalue weighted by atomic mass is 79.9. The maximum Gasteiger partial charge on any atom is 0.220 e. The van der Waals surface area contributed by atoms with E-state index in [9.17, 15) is 9.18 Å². The van der Waals surface area contributed by atoms with Gasteiger partial charge in [-0.3, -0.25) is 9.69 Å². The van der Waals surface area contributed by atoms with Crippen molar-refractivity contribution in [3.63, 3.8) is 0 Å². The van der Waals surface area contributed by atoms with Gasteiger partial charge in [-0.05, 0) is 77.0 Å². The molecule has 1 fully saturated rings. The van der Waals surface area contributed by atoms with Crippen molar-refractivity contribution in [1.29, 1.82) is 0 Å². The van der Waals surface area contributed by atoms with Crippen molar-refractivity contribution in [3.05, 3.63) is 79.7 Å². The number of rotatable bonds is 8. The van der Waals surface area contributed by atoms with Gasteiger partial charge < -0.3 is 5.32 Å². The highest BCUT2D eigenvalue weighted by molar-refractivity contribution is 9.10. The van der Waals surface area contributed by atoms with Crippen molar-refractivity contribution in [2.24, 2.45) is 0 Å². The number of hydrogen-bond donors (Lipinski definition) is 1. The molecule has 1 amide bonds. The molecule has 6 nitrogen and oxygen atoms in total. The predicted octanol–water partition coefficient (Wildman–Crippen LogP) is 5.74. The zero-order chi connectivity index (χ0) is 25.1. The standard InChI is InChI=1S/C26H30Br2FN5O/c1-16(19-5-7-25(29)24(28)12-19)11-26(35)30-21-8-9-33(13-21)14-22-15-34(32-31-22)18(3)20-4-6-23(27)17(2)10-20/h4-7,10,12,15-16,18,21H,8-9,11,13-14H2,1-3H3,(H,30,35)/t16?,18-,21?/m0/s1. The fraction of sp³-hybridized carbons (Fsp3) is 0.423. The molecule has 3 atom stereocenters. The molecule has 0 bridgehead atoms. The van der Waals surface area contributed by atoms with Gasteiger partial charge in [0.15, 0.2) is 0 Å². The van der Waals surface area contributed by atoms with Gasteiger partial charge in [0.05, 0.1) is 22.4 Å². The first-order chi connectivity index (χ1) is 16.7. The number of halogens is 3. The Morgan fingerprint density at radius 1 is 1.17 bits per heavy atom. The van der Waals surface area contributed by atoms with Crippen molar-refractivity contribution in [3.8, 4) is 0 Å². The Morgan fingerprint density at radius 2 is 1.94 bits per heavy atom. The summed E-state index contributed by atoms with van der Waals surface area (Å²) in [5, 5.41) is 11.9. The molecular formula is C26H30Br2FN5O. The van der Waals surface area contributed by atoms with E-state index in [1.807, 2.05) is 17.8 Å². The van der Waals surface area contributed by atoms with Crippen LogP contribution in [0.15, 0.2) is 51.5 Å². The highest BCUT2D eigenvalue weighted by Crippen LogP contribution is 2.26. The lowest BCUT2D eigenvalue weighted by atomic mass is 9.97. The molecule has 0 aliphatic carbocycles. The summed E-state index contributed by atoms with van der Waals surface area (Å²) in [5.41, 5.74) is 4.25. The molecule has 1 aromatic heterocycles. The SMILES string of the molecule is Cc1cc([C@H](C)n2cc(CN3CCC(NC(=O)CC(C)c4ccc(F)c(Br)c4)C3)nn2)ccc1Br. The number of aryl methyl sites for hydroxylation is 1. The molecule has 0 spiro atoms. The summed E-state index contributed by atoms with van der Waals surface area (Å²) in [6, 6.07) is 11.5. The fourth-order valence-electron chi connectivity index (χ4n) is 4.48. The summed E-state index contributed by atoms with van der Waals surface area (Å²) in [4.78, 5) is 14.9. The van der Waals surface area contributed by atoms with Crippen molar-refractivity contribution < 1.29 is 9.18 Å². The monoisotopic (exact) mass is 605 g/mol. The van der Waals surface area contributed by atoms with Gasteiger partial charge in [-0.2, -0.15) is 0 Å². The lowest BCUT2D eigenvalue weighted by Crippen LogP contribution is -2.37. The predicted molar refractivity (Wildman–Crippen MR) is 142 cm³/mol. The van der Waals surface area contributed by atoms with Crippen LogP contribution >= 0.6 is 31.9 Å². The first-order valence-corrected chi connectivity index (χ1v) is 13.4. The minimum atomic E-state index is -0.297. The van der Waals surface area contributed by atoms with Crippen LogP contribution in [0.25, 0.3) is 0 Å². The lowest BCUT2D eigenvalue weighted by Gasteiger charge is -2.17. The van der Waals surface area contributed by atoms with E-state index in [0.717, 1.165) is 35.2 Å². The molecule has 9 heteroatoms. The second-order valence-electron chi connectivity index (χ2n) is 9.44. The van der Waals surface area contributed by atoms with E-state index in [0.29, 0.717) is 17.4 Å². The van der Waals surface area contributed by atoms with Gasteiger partial charge in [-0.15, -0.1) is 5.10 Å². The quantitative estimate of drug-likeness (QED) is 0.355. The number of benzene rings is 2. The average Bonchev–Trinajstić information content (AvgIpc) is 3.46. The van der Waals surface area contributed by atoms with E-state index >= 15 is 0 Å². The Kier molecular flexibility index (Phi) is 8.39. The van der Waals surface area contributed by atoms with Gasteiger partial charge in [-0.25, -0.2) is 9.07 Å². The van der Waals surface area contributed by atoms with E-state index in [1.165, 1.54) is 17.2 Å². The van der Waals surface area contributed by atoms with Crippen LogP contribution in [0.5, 0.6) is 0 Å². The Morgan fingerprint density at radius 3 is 2.69 bits per heavy atom. The molecule has 186 valence electrons. The molecule has 1 N–H and O–H groups in total. The van der Waals surface area contributed by atoms with Gasteiger partial charge in [0, 0.05) is 36.6 Å². The number of likely N-dealkylation sites (tertiary alicyclic amines) is 1. The van der Waals surface area contributed by atoms with Gasteiger partial charge in [-0.1, -0.05) is 46.3 Å². The maximum absolute atomic E-state index is 13.5. The summed E-state index contributed by atoms with van der Waals surface area (Å²) < 4.78 is 16.9. The molecule has 1 saturated heterocycles. The highest BCUT2D eigenvalue weighted by Gasteiger charge is 2.25. The van der Waals surface area contributed by atoms with Crippen LogP contribution in [0.3, 0.4) is 0 Å². The van der Waals surface area contributed by atoms with Gasteiger partial charge in [0.1, 0.15) is 5.82 Å². The first kappa shape index (κ1) is 26.0. The minimum Gasteiger partial charge on any atom is -0.352 e. The van der Waals surface area contributed by atoms with E-state index in [4.69, 9.17) is 0 Å². The normalized spacial score (nSPS) is 17.9. The number of carbonyl (C=O) groups is 1. The molecule has 0 radical (unpaired) electrons. The van der Waals surface area contributed by atoms with Crippen molar-refractivity contribution >= 4 is 37.8 Å². The summed E-state index contributed by atoms with van der Waals surface area (Å²) in [5.74, 6) is -0.264. The van der Waals surface area contributed by atoms with Crippen LogP contribution < -0.4 is 5.32 Å². The largest absolute Gasteiger partial charge is 0.352 e. The van der Waals surface area contributed by atoms with Crippen LogP contribution in [0.1, 0.15) is 61.0 Å². The number of nitrogens with zero attached hydrogens (tertiary/aromatic N) is 4.